The van der Waals surface area contributed by atoms with Crippen molar-refractivity contribution >= 4 is 23.1 Å². The third kappa shape index (κ3) is 1.83. The molecule has 0 aromatic heterocycles. The number of nitrogens with two attached hydrogens (primary N) is 1. The summed E-state index contributed by atoms with van der Waals surface area (Å²) in [4.78, 5) is 14.8. The van der Waals surface area contributed by atoms with Crippen LogP contribution >= 0.6 is 12.2 Å². The molecule has 1 saturated heterocycles. The van der Waals surface area contributed by atoms with Gasteiger partial charge in [-0.3, -0.25) is 4.79 Å². The highest BCUT2D eigenvalue weighted by Crippen LogP contribution is 2.43. The molecule has 0 radical (unpaired) electrons. The van der Waals surface area contributed by atoms with Crippen LogP contribution in [0.25, 0.3) is 0 Å². The van der Waals surface area contributed by atoms with Crippen LogP contribution < -0.4 is 5.73 Å². The quantitative estimate of drug-likeness (QED) is 0.747. The summed E-state index contributed by atoms with van der Waals surface area (Å²) in [5.74, 6) is 0.805. The molecule has 4 heteroatoms. The fourth-order valence-corrected chi connectivity index (χ4v) is 3.06. The minimum absolute atomic E-state index is 0.192. The Kier molecular flexibility index (Phi) is 3.19. The molecule has 1 amide bonds. The van der Waals surface area contributed by atoms with Crippen molar-refractivity contribution in [2.24, 2.45) is 17.1 Å². The first-order valence-corrected chi connectivity index (χ1v) is 6.56. The summed E-state index contributed by atoms with van der Waals surface area (Å²) in [5.41, 5.74) is 5.28. The van der Waals surface area contributed by atoms with Gasteiger partial charge in [-0.15, -0.1) is 0 Å². The minimum atomic E-state index is -0.480. The largest absolute Gasteiger partial charge is 0.392 e. The molecule has 1 aliphatic heterocycles. The molecule has 0 aromatic rings. The SMILES string of the molecule is CC1CCCN(C(=O)C2(C(N)=S)CCC2)C1. The van der Waals surface area contributed by atoms with Crippen LogP contribution in [-0.2, 0) is 4.79 Å². The summed E-state index contributed by atoms with van der Waals surface area (Å²) >= 11 is 5.09. The molecule has 0 bridgehead atoms. The Morgan fingerprint density at radius 1 is 1.44 bits per heavy atom. The second-order valence-corrected chi connectivity index (χ2v) is 5.74. The highest BCUT2D eigenvalue weighted by atomic mass is 32.1. The fraction of sp³-hybridized carbons (Fsp3) is 0.833. The van der Waals surface area contributed by atoms with Crippen LogP contribution in [0.3, 0.4) is 0 Å². The summed E-state index contributed by atoms with van der Waals surface area (Å²) in [7, 11) is 0. The Labute approximate surface area is 102 Å². The molecule has 90 valence electrons. The maximum Gasteiger partial charge on any atom is 0.235 e. The van der Waals surface area contributed by atoms with Gasteiger partial charge in [0.2, 0.25) is 5.91 Å². The molecule has 16 heavy (non-hydrogen) atoms. The highest BCUT2D eigenvalue weighted by Gasteiger charge is 2.49. The van der Waals surface area contributed by atoms with E-state index in [1.807, 2.05) is 4.90 Å². The highest BCUT2D eigenvalue weighted by molar-refractivity contribution is 7.80. The molecule has 1 saturated carbocycles. The lowest BCUT2D eigenvalue weighted by Crippen LogP contribution is -2.56. The van der Waals surface area contributed by atoms with Crippen molar-refractivity contribution < 1.29 is 4.79 Å². The summed E-state index contributed by atoms with van der Waals surface area (Å²) in [6.07, 6.45) is 5.12. The molecule has 1 aliphatic carbocycles. The van der Waals surface area contributed by atoms with E-state index in [1.165, 1.54) is 6.42 Å². The number of nitrogens with zero attached hydrogens (tertiary/aromatic N) is 1. The van der Waals surface area contributed by atoms with Crippen LogP contribution in [0.4, 0.5) is 0 Å². The van der Waals surface area contributed by atoms with Crippen LogP contribution in [0, 0.1) is 11.3 Å². The van der Waals surface area contributed by atoms with E-state index in [4.69, 9.17) is 18.0 Å². The predicted molar refractivity (Wildman–Crippen MR) is 68.0 cm³/mol. The second kappa shape index (κ2) is 4.32. The van der Waals surface area contributed by atoms with Gasteiger partial charge in [-0.1, -0.05) is 25.6 Å². The van der Waals surface area contributed by atoms with Gasteiger partial charge < -0.3 is 10.6 Å². The number of piperidine rings is 1. The van der Waals surface area contributed by atoms with Gasteiger partial charge in [-0.05, 0) is 31.6 Å². The number of carbonyl (C=O) groups excluding carboxylic acids is 1. The second-order valence-electron chi connectivity index (χ2n) is 5.30. The molecule has 2 N–H and O–H groups in total. The lowest BCUT2D eigenvalue weighted by molar-refractivity contribution is -0.143. The van der Waals surface area contributed by atoms with E-state index in [2.05, 4.69) is 6.92 Å². The van der Waals surface area contributed by atoms with E-state index >= 15 is 0 Å². The van der Waals surface area contributed by atoms with Crippen molar-refractivity contribution in [3.8, 4) is 0 Å². The third-order valence-corrected chi connectivity index (χ3v) is 4.42. The average molecular weight is 240 g/mol. The van der Waals surface area contributed by atoms with Crippen LogP contribution in [0.15, 0.2) is 0 Å². The average Bonchev–Trinajstić information content (AvgIpc) is 2.15. The molecule has 2 rings (SSSR count). The summed E-state index contributed by atoms with van der Waals surface area (Å²) in [6.45, 7) is 3.96. The zero-order chi connectivity index (χ0) is 11.8. The Hall–Kier alpha value is -0.640. The molecule has 3 nitrogen and oxygen atoms in total. The van der Waals surface area contributed by atoms with Gasteiger partial charge in [-0.2, -0.15) is 0 Å². The predicted octanol–water partition coefficient (Wildman–Crippen LogP) is 1.70. The minimum Gasteiger partial charge on any atom is -0.392 e. The van der Waals surface area contributed by atoms with E-state index in [9.17, 15) is 4.79 Å². The molecule has 1 unspecified atom stereocenters. The maximum atomic E-state index is 12.4. The van der Waals surface area contributed by atoms with Crippen LogP contribution in [0.1, 0.15) is 39.0 Å². The van der Waals surface area contributed by atoms with Crippen LogP contribution in [-0.4, -0.2) is 28.9 Å². The number of likely N-dealkylation sites (tertiary alicyclic amines) is 1. The summed E-state index contributed by atoms with van der Waals surface area (Å²) in [5, 5.41) is 0. The molecule has 2 aliphatic rings. The zero-order valence-electron chi connectivity index (χ0n) is 9.87. The number of rotatable bonds is 2. The summed E-state index contributed by atoms with van der Waals surface area (Å²) in [6, 6.07) is 0. The normalized spacial score (nSPS) is 28.3. The molecular formula is C12H20N2OS. The standard InChI is InChI=1S/C12H20N2OS/c1-9-4-2-7-14(8-9)11(15)12(10(13)16)5-3-6-12/h9H,2-8H2,1H3,(H2,13,16). The molecule has 1 heterocycles. The zero-order valence-corrected chi connectivity index (χ0v) is 10.7. The third-order valence-electron chi connectivity index (χ3n) is 4.03. The van der Waals surface area contributed by atoms with E-state index in [0.29, 0.717) is 10.9 Å². The molecular weight excluding hydrogens is 220 g/mol. The van der Waals surface area contributed by atoms with Crippen molar-refractivity contribution in [1.82, 2.24) is 4.90 Å². The van der Waals surface area contributed by atoms with E-state index in [0.717, 1.165) is 38.8 Å². The fourth-order valence-electron chi connectivity index (χ4n) is 2.77. The van der Waals surface area contributed by atoms with Gasteiger partial charge in [0.15, 0.2) is 0 Å². The Bertz CT molecular complexity index is 312. The van der Waals surface area contributed by atoms with Gasteiger partial charge >= 0.3 is 0 Å². The van der Waals surface area contributed by atoms with E-state index < -0.39 is 5.41 Å². The molecule has 0 aromatic carbocycles. The molecule has 0 spiro atoms. The first-order valence-electron chi connectivity index (χ1n) is 6.15. The topological polar surface area (TPSA) is 46.3 Å². The first-order chi connectivity index (χ1) is 7.56. The Balaban J connectivity index is 2.08. The van der Waals surface area contributed by atoms with Crippen molar-refractivity contribution in [2.75, 3.05) is 13.1 Å². The lowest BCUT2D eigenvalue weighted by atomic mass is 9.67. The number of hydrogen-bond donors (Lipinski definition) is 1. The van der Waals surface area contributed by atoms with Crippen molar-refractivity contribution in [3.63, 3.8) is 0 Å². The molecule has 2 fully saturated rings. The number of thiocarbonyl (C=S) groups is 1. The molecule has 1 atom stereocenters. The maximum absolute atomic E-state index is 12.4. The van der Waals surface area contributed by atoms with Crippen molar-refractivity contribution in [3.05, 3.63) is 0 Å². The lowest BCUT2D eigenvalue weighted by Gasteiger charge is -2.44. The van der Waals surface area contributed by atoms with Gasteiger partial charge in [0, 0.05) is 13.1 Å². The van der Waals surface area contributed by atoms with Gasteiger partial charge in [0.1, 0.15) is 0 Å². The van der Waals surface area contributed by atoms with Gasteiger partial charge in [0.05, 0.1) is 10.4 Å². The first kappa shape index (κ1) is 11.8. The van der Waals surface area contributed by atoms with Crippen molar-refractivity contribution in [2.45, 2.75) is 39.0 Å². The van der Waals surface area contributed by atoms with Crippen LogP contribution in [0.5, 0.6) is 0 Å². The number of hydrogen-bond acceptors (Lipinski definition) is 2. The number of carbonyl (C=O) groups is 1. The Morgan fingerprint density at radius 3 is 2.56 bits per heavy atom. The van der Waals surface area contributed by atoms with E-state index in [-0.39, 0.29) is 5.91 Å². The van der Waals surface area contributed by atoms with Gasteiger partial charge in [-0.25, -0.2) is 0 Å². The van der Waals surface area contributed by atoms with Gasteiger partial charge in [0.25, 0.3) is 0 Å². The van der Waals surface area contributed by atoms with Crippen molar-refractivity contribution in [1.29, 1.82) is 0 Å². The summed E-state index contributed by atoms with van der Waals surface area (Å²) < 4.78 is 0. The van der Waals surface area contributed by atoms with E-state index in [1.54, 1.807) is 0 Å². The smallest absolute Gasteiger partial charge is 0.235 e. The number of amides is 1. The Morgan fingerprint density at radius 2 is 2.12 bits per heavy atom. The van der Waals surface area contributed by atoms with Crippen LogP contribution in [0.2, 0.25) is 0 Å². The monoisotopic (exact) mass is 240 g/mol.